The first-order chi connectivity index (χ1) is 8.13. The van der Waals surface area contributed by atoms with Gasteiger partial charge in [0.05, 0.1) is 0 Å². The number of halogens is 1. The molecule has 2 rings (SSSR count). The Labute approximate surface area is 107 Å². The zero-order valence-electron chi connectivity index (χ0n) is 10.1. The fourth-order valence-electron chi connectivity index (χ4n) is 2.37. The normalized spacial score (nSPS) is 18.0. The summed E-state index contributed by atoms with van der Waals surface area (Å²) in [6.07, 6.45) is 4.58. The number of carbonyl (C=O) groups is 1. The van der Waals surface area contributed by atoms with Crippen LogP contribution in [-0.4, -0.2) is 11.4 Å². The van der Waals surface area contributed by atoms with Crippen molar-refractivity contribution < 1.29 is 4.79 Å². The number of alkyl halides is 1. The lowest BCUT2D eigenvalue weighted by molar-refractivity contribution is 0.0908. The van der Waals surface area contributed by atoms with Crippen molar-refractivity contribution in [2.75, 3.05) is 0 Å². The van der Waals surface area contributed by atoms with Crippen LogP contribution in [0.2, 0.25) is 0 Å². The molecule has 0 aliphatic heterocycles. The molecule has 2 nitrogen and oxygen atoms in total. The lowest BCUT2D eigenvalue weighted by Gasteiger charge is -2.25. The predicted molar refractivity (Wildman–Crippen MR) is 70.3 cm³/mol. The van der Waals surface area contributed by atoms with Crippen LogP contribution < -0.4 is 5.32 Å². The van der Waals surface area contributed by atoms with E-state index < -0.39 is 0 Å². The SMILES string of the molecule is CC1(NC(=O)c2ccc(CCl)cc2)CCCC1. The van der Waals surface area contributed by atoms with Gasteiger partial charge in [0.25, 0.3) is 5.91 Å². The molecular weight excluding hydrogens is 234 g/mol. The van der Waals surface area contributed by atoms with Crippen LogP contribution in [0.25, 0.3) is 0 Å². The van der Waals surface area contributed by atoms with E-state index in [0.29, 0.717) is 11.4 Å². The molecule has 0 saturated heterocycles. The van der Waals surface area contributed by atoms with Crippen molar-refractivity contribution in [2.45, 2.75) is 44.0 Å². The lowest BCUT2D eigenvalue weighted by atomic mass is 10.00. The minimum atomic E-state index is -0.0117. The molecule has 1 aliphatic carbocycles. The first-order valence-electron chi connectivity index (χ1n) is 6.10. The number of carbonyl (C=O) groups excluding carboxylic acids is 1. The lowest BCUT2D eigenvalue weighted by Crippen LogP contribution is -2.43. The van der Waals surface area contributed by atoms with Crippen LogP contribution in [0.3, 0.4) is 0 Å². The van der Waals surface area contributed by atoms with Gasteiger partial charge < -0.3 is 5.32 Å². The summed E-state index contributed by atoms with van der Waals surface area (Å²) in [5.74, 6) is 0.509. The van der Waals surface area contributed by atoms with Crippen LogP contribution >= 0.6 is 11.6 Å². The molecule has 0 aromatic heterocycles. The summed E-state index contributed by atoms with van der Waals surface area (Å²) < 4.78 is 0. The van der Waals surface area contributed by atoms with Crippen molar-refractivity contribution in [3.05, 3.63) is 35.4 Å². The van der Waals surface area contributed by atoms with Crippen molar-refractivity contribution in [3.8, 4) is 0 Å². The van der Waals surface area contributed by atoms with Crippen LogP contribution in [0.4, 0.5) is 0 Å². The third-order valence-electron chi connectivity index (χ3n) is 3.49. The van der Waals surface area contributed by atoms with Gasteiger partial charge in [-0.25, -0.2) is 0 Å². The Morgan fingerprint density at radius 3 is 2.41 bits per heavy atom. The molecule has 1 amide bonds. The second kappa shape index (κ2) is 5.09. The Hall–Kier alpha value is -1.02. The molecule has 0 bridgehead atoms. The molecular formula is C14H18ClNO. The molecule has 92 valence electrons. The molecule has 17 heavy (non-hydrogen) atoms. The summed E-state index contributed by atoms with van der Waals surface area (Å²) in [6.45, 7) is 2.13. The van der Waals surface area contributed by atoms with Crippen molar-refractivity contribution in [3.63, 3.8) is 0 Å². The number of rotatable bonds is 3. The van der Waals surface area contributed by atoms with E-state index in [1.54, 1.807) is 0 Å². The maximum Gasteiger partial charge on any atom is 0.251 e. The molecule has 0 atom stereocenters. The highest BCUT2D eigenvalue weighted by Crippen LogP contribution is 2.29. The summed E-state index contributed by atoms with van der Waals surface area (Å²) >= 11 is 5.72. The Bertz CT molecular complexity index is 393. The summed E-state index contributed by atoms with van der Waals surface area (Å²) in [6, 6.07) is 7.48. The molecule has 1 fully saturated rings. The number of hydrogen-bond acceptors (Lipinski definition) is 1. The van der Waals surface area contributed by atoms with Gasteiger partial charge in [-0.3, -0.25) is 4.79 Å². The molecule has 1 aromatic rings. The largest absolute Gasteiger partial charge is 0.347 e. The molecule has 1 saturated carbocycles. The van der Waals surface area contributed by atoms with Gasteiger partial charge in [-0.1, -0.05) is 25.0 Å². The van der Waals surface area contributed by atoms with Crippen LogP contribution in [0, 0.1) is 0 Å². The second-order valence-corrected chi connectivity index (χ2v) is 5.32. The van der Waals surface area contributed by atoms with E-state index in [4.69, 9.17) is 11.6 Å². The van der Waals surface area contributed by atoms with E-state index >= 15 is 0 Å². The maximum atomic E-state index is 12.1. The van der Waals surface area contributed by atoms with Gasteiger partial charge in [-0.15, -0.1) is 11.6 Å². The number of hydrogen-bond donors (Lipinski definition) is 1. The molecule has 0 unspecified atom stereocenters. The minimum Gasteiger partial charge on any atom is -0.347 e. The predicted octanol–water partition coefficient (Wildman–Crippen LogP) is 3.49. The number of nitrogens with one attached hydrogen (secondary N) is 1. The molecule has 3 heteroatoms. The minimum absolute atomic E-state index is 0.0117. The molecule has 0 radical (unpaired) electrons. The van der Waals surface area contributed by atoms with Gasteiger partial charge in [0, 0.05) is 17.0 Å². The van der Waals surface area contributed by atoms with Crippen molar-refractivity contribution in [1.82, 2.24) is 5.32 Å². The van der Waals surface area contributed by atoms with E-state index in [1.165, 1.54) is 12.8 Å². The van der Waals surface area contributed by atoms with E-state index in [0.717, 1.165) is 18.4 Å². The van der Waals surface area contributed by atoms with E-state index in [-0.39, 0.29) is 11.4 Å². The average molecular weight is 252 g/mol. The second-order valence-electron chi connectivity index (χ2n) is 5.05. The smallest absolute Gasteiger partial charge is 0.251 e. The highest BCUT2D eigenvalue weighted by atomic mass is 35.5. The van der Waals surface area contributed by atoms with Crippen molar-refractivity contribution >= 4 is 17.5 Å². The van der Waals surface area contributed by atoms with Gasteiger partial charge in [-0.2, -0.15) is 0 Å². The topological polar surface area (TPSA) is 29.1 Å². The standard InChI is InChI=1S/C14H18ClNO/c1-14(8-2-3-9-14)16-13(17)12-6-4-11(10-15)5-7-12/h4-7H,2-3,8-10H2,1H3,(H,16,17). The quantitative estimate of drug-likeness (QED) is 0.819. The first-order valence-corrected chi connectivity index (χ1v) is 6.64. The zero-order valence-corrected chi connectivity index (χ0v) is 10.9. The summed E-state index contributed by atoms with van der Waals surface area (Å²) in [5, 5.41) is 3.14. The van der Waals surface area contributed by atoms with E-state index in [1.807, 2.05) is 24.3 Å². The summed E-state index contributed by atoms with van der Waals surface area (Å²) in [7, 11) is 0. The highest BCUT2D eigenvalue weighted by molar-refractivity contribution is 6.17. The van der Waals surface area contributed by atoms with Crippen LogP contribution in [0.15, 0.2) is 24.3 Å². The Morgan fingerprint density at radius 2 is 1.88 bits per heavy atom. The van der Waals surface area contributed by atoms with Crippen molar-refractivity contribution in [1.29, 1.82) is 0 Å². The number of benzene rings is 1. The monoisotopic (exact) mass is 251 g/mol. The van der Waals surface area contributed by atoms with Crippen LogP contribution in [0.5, 0.6) is 0 Å². The molecule has 1 N–H and O–H groups in total. The third kappa shape index (κ3) is 3.01. The third-order valence-corrected chi connectivity index (χ3v) is 3.80. The number of amides is 1. The van der Waals surface area contributed by atoms with Gasteiger partial charge in [0.2, 0.25) is 0 Å². The molecule has 0 spiro atoms. The zero-order chi connectivity index (χ0) is 12.3. The molecule has 1 aromatic carbocycles. The average Bonchev–Trinajstić information content (AvgIpc) is 2.76. The van der Waals surface area contributed by atoms with Crippen molar-refractivity contribution in [2.24, 2.45) is 0 Å². The van der Waals surface area contributed by atoms with E-state index in [2.05, 4.69) is 12.2 Å². The molecule has 1 aliphatic rings. The van der Waals surface area contributed by atoms with Gasteiger partial charge in [-0.05, 0) is 37.5 Å². The van der Waals surface area contributed by atoms with Gasteiger partial charge in [0.15, 0.2) is 0 Å². The fraction of sp³-hybridized carbons (Fsp3) is 0.500. The highest BCUT2D eigenvalue weighted by Gasteiger charge is 2.30. The Morgan fingerprint density at radius 1 is 1.29 bits per heavy atom. The molecule has 0 heterocycles. The van der Waals surface area contributed by atoms with E-state index in [9.17, 15) is 4.79 Å². The van der Waals surface area contributed by atoms with Crippen LogP contribution in [0.1, 0.15) is 48.5 Å². The fourth-order valence-corrected chi connectivity index (χ4v) is 2.55. The summed E-state index contributed by atoms with van der Waals surface area (Å²) in [5.41, 5.74) is 1.74. The Kier molecular flexibility index (Phi) is 3.72. The summed E-state index contributed by atoms with van der Waals surface area (Å²) in [4.78, 5) is 12.1. The van der Waals surface area contributed by atoms with Gasteiger partial charge in [0.1, 0.15) is 0 Å². The van der Waals surface area contributed by atoms with Crippen LogP contribution in [-0.2, 0) is 5.88 Å². The Balaban J connectivity index is 2.03. The maximum absolute atomic E-state index is 12.1. The first kappa shape index (κ1) is 12.4. The van der Waals surface area contributed by atoms with Gasteiger partial charge >= 0.3 is 0 Å².